The lowest BCUT2D eigenvalue weighted by atomic mass is 8.60. The molecule has 1 unspecified atom stereocenters. The lowest BCUT2D eigenvalue weighted by molar-refractivity contribution is 0.146. The van der Waals surface area contributed by atoms with Crippen LogP contribution in [0.2, 0.25) is 5.01 Å². The van der Waals surface area contributed by atoms with Crippen molar-refractivity contribution in [2.75, 3.05) is 0 Å². The van der Waals surface area contributed by atoms with E-state index in [0.717, 1.165) is 23.7 Å². The normalized spacial score (nSPS) is 23.4. The fourth-order valence-corrected chi connectivity index (χ4v) is 6.76. The standard InChI is InChI=1S/C19H33N.CB15.2H2O/c1-3-4-15(2)13-16-5-9-18(10-6-16)19-11-7-17(14-20)8-12-19;2-11-15(16(9)10)1(12(3)4,13(5)6)14(7)8;;/h15-19H,3-13H2,1-2H3;;2*1H2. The van der Waals surface area contributed by atoms with Crippen molar-refractivity contribution in [1.29, 1.82) is 5.26 Å². The Hall–Kier alpha value is 0.384. The van der Waals surface area contributed by atoms with Gasteiger partial charge in [-0.2, -0.15) is 10.3 Å². The van der Waals surface area contributed by atoms with E-state index in [1.54, 1.807) is 0 Å². The van der Waals surface area contributed by atoms with Gasteiger partial charge >= 0.3 is 0 Å². The van der Waals surface area contributed by atoms with Gasteiger partial charge in [0.05, 0.1) is 6.07 Å². The van der Waals surface area contributed by atoms with E-state index < -0.39 is 37.4 Å². The van der Waals surface area contributed by atoms with E-state index in [4.69, 9.17) is 74.9 Å². The third-order valence-corrected chi connectivity index (χ3v) is 8.96. The molecule has 38 heavy (non-hydrogen) atoms. The molecule has 0 bridgehead atoms. The Morgan fingerprint density at radius 2 is 1.24 bits per heavy atom. The zero-order valence-electron chi connectivity index (χ0n) is 23.8. The van der Waals surface area contributed by atoms with Gasteiger partial charge in [0.1, 0.15) is 0 Å². The summed E-state index contributed by atoms with van der Waals surface area (Å²) in [4.78, 5) is 0. The van der Waals surface area contributed by atoms with Gasteiger partial charge in [-0.15, -0.1) is 0 Å². The summed E-state index contributed by atoms with van der Waals surface area (Å²) in [6.45, 7) is 1.03. The van der Waals surface area contributed by atoms with E-state index in [0.29, 0.717) is 5.92 Å². The minimum atomic E-state index is -1.27. The second kappa shape index (κ2) is 20.3. The molecule has 0 aliphatic heterocycles. The molecule has 2 saturated carbocycles. The predicted octanol–water partition coefficient (Wildman–Crippen LogP) is -1.20. The van der Waals surface area contributed by atoms with Crippen LogP contribution in [0.15, 0.2) is 0 Å². The molecule has 0 aromatic heterocycles. The molecule has 3 nitrogen and oxygen atoms in total. The topological polar surface area (TPSA) is 86.8 Å². The molecule has 2 fully saturated rings. The summed E-state index contributed by atoms with van der Waals surface area (Å²) < 4.78 is 0. The second-order valence-corrected chi connectivity index (χ2v) is 11.5. The van der Waals surface area contributed by atoms with E-state index in [9.17, 15) is 0 Å². The summed E-state index contributed by atoms with van der Waals surface area (Å²) in [5.74, 6) is 4.27. The van der Waals surface area contributed by atoms with Gasteiger partial charge in [0.2, 0.25) is 0 Å². The Bertz CT molecular complexity index is 617. The number of hydrogen-bond acceptors (Lipinski definition) is 1. The van der Waals surface area contributed by atoms with Gasteiger partial charge in [0.15, 0.2) is 0 Å². The van der Waals surface area contributed by atoms with Gasteiger partial charge in [-0.25, -0.2) is 0 Å². The molecular weight excluding hydrogens is 448 g/mol. The van der Waals surface area contributed by atoms with Gasteiger partial charge in [-0.05, 0) is 68.6 Å². The highest BCUT2D eigenvalue weighted by molar-refractivity contribution is 7.80. The largest absolute Gasteiger partial charge is 0.412 e. The van der Waals surface area contributed by atoms with Crippen LogP contribution in [0.1, 0.15) is 84.5 Å². The summed E-state index contributed by atoms with van der Waals surface area (Å²) >= 11 is 0. The maximum Gasteiger partial charge on any atom is 0.0655 e. The molecule has 1 atom stereocenters. The molecule has 18 heteroatoms. The number of rotatable bonds is 11. The minimum absolute atomic E-state index is 0. The van der Waals surface area contributed by atoms with E-state index in [-0.39, 0.29) is 11.0 Å². The van der Waals surface area contributed by atoms with Gasteiger partial charge in [0.25, 0.3) is 0 Å². The van der Waals surface area contributed by atoms with Gasteiger partial charge in [-0.1, -0.05) is 39.5 Å². The Kier molecular flexibility index (Phi) is 21.6. The average Bonchev–Trinajstić information content (AvgIpc) is 2.82. The van der Waals surface area contributed by atoms with Crippen molar-refractivity contribution in [3.05, 3.63) is 0 Å². The molecule has 0 spiro atoms. The van der Waals surface area contributed by atoms with Crippen LogP contribution in [0.4, 0.5) is 0 Å². The molecule has 179 valence electrons. The minimum Gasteiger partial charge on any atom is -0.412 e. The van der Waals surface area contributed by atoms with Crippen LogP contribution >= 0.6 is 0 Å². The van der Waals surface area contributed by atoms with Gasteiger partial charge in [0, 0.05) is 115 Å². The molecule has 4 N–H and O–H groups in total. The van der Waals surface area contributed by atoms with Crippen LogP contribution in [0.3, 0.4) is 0 Å². The molecular formula is C20H37B15NO2. The monoisotopic (exact) mass is 488 g/mol. The fraction of sp³-hybridized carbons (Fsp3) is 0.950. The van der Waals surface area contributed by atoms with Crippen molar-refractivity contribution < 1.29 is 11.0 Å². The summed E-state index contributed by atoms with van der Waals surface area (Å²) in [6.07, 6.45) is 14.3. The van der Waals surface area contributed by atoms with Crippen molar-refractivity contribution in [2.24, 2.45) is 29.6 Å². The van der Waals surface area contributed by atoms with Crippen LogP contribution in [-0.2, 0) is 0 Å². The third kappa shape index (κ3) is 11.3. The molecule has 0 amide bonds. The summed E-state index contributed by atoms with van der Waals surface area (Å²) in [5, 5.41) is 7.73. The van der Waals surface area contributed by atoms with Crippen molar-refractivity contribution in [2.45, 2.75) is 89.5 Å². The van der Waals surface area contributed by atoms with E-state index in [2.05, 4.69) is 19.9 Å². The lowest BCUT2D eigenvalue weighted by Crippen LogP contribution is -2.71. The third-order valence-electron chi connectivity index (χ3n) is 8.96. The second-order valence-electron chi connectivity index (χ2n) is 11.5. The molecule has 2 rings (SSSR count). The summed E-state index contributed by atoms with van der Waals surface area (Å²) in [5.41, 5.74) is 0. The maximum absolute atomic E-state index is 9.00. The van der Waals surface area contributed by atoms with Crippen LogP contribution < -0.4 is 0 Å². The van der Waals surface area contributed by atoms with Crippen LogP contribution in [0.5, 0.6) is 0 Å². The summed E-state index contributed by atoms with van der Waals surface area (Å²) in [7, 11) is 51.8. The molecule has 0 heterocycles. The van der Waals surface area contributed by atoms with Crippen molar-refractivity contribution in [3.63, 3.8) is 0 Å². The van der Waals surface area contributed by atoms with E-state index in [1.165, 1.54) is 77.7 Å². The fourth-order valence-electron chi connectivity index (χ4n) is 6.76. The molecule has 2 aliphatic rings. The average molecular weight is 486 g/mol. The number of hydrogen-bond donors (Lipinski definition) is 0. The lowest BCUT2D eigenvalue weighted by Gasteiger charge is -2.53. The van der Waals surface area contributed by atoms with Crippen LogP contribution in [-0.4, -0.2) is 120 Å². The maximum atomic E-state index is 9.00. The summed E-state index contributed by atoms with van der Waals surface area (Å²) in [6, 6.07) is 2.47. The first-order valence-electron chi connectivity index (χ1n) is 13.9. The van der Waals surface area contributed by atoms with E-state index in [1.807, 2.05) is 0 Å². The van der Waals surface area contributed by atoms with Crippen molar-refractivity contribution in [3.8, 4) is 6.07 Å². The Labute approximate surface area is 249 Å². The first-order chi connectivity index (χ1) is 16.9. The highest BCUT2D eigenvalue weighted by atomic mass is 16.0. The first kappa shape index (κ1) is 40.5. The van der Waals surface area contributed by atoms with Gasteiger partial charge in [-0.3, -0.25) is 0 Å². The Morgan fingerprint density at radius 3 is 1.53 bits per heavy atom. The molecule has 0 saturated heterocycles. The Morgan fingerprint density at radius 1 is 0.816 bits per heavy atom. The van der Waals surface area contributed by atoms with Crippen molar-refractivity contribution >= 4 is 109 Å². The number of nitrogens with zero attached hydrogens (tertiary/aromatic N) is 1. The molecule has 0 aromatic carbocycles. The predicted molar refractivity (Wildman–Crippen MR) is 181 cm³/mol. The zero-order valence-corrected chi connectivity index (χ0v) is 23.8. The first-order valence-corrected chi connectivity index (χ1v) is 13.9. The Balaban J connectivity index is 0. The van der Waals surface area contributed by atoms with Crippen LogP contribution in [0, 0.1) is 40.9 Å². The van der Waals surface area contributed by atoms with Gasteiger partial charge < -0.3 is 11.0 Å². The smallest absolute Gasteiger partial charge is 0.0655 e. The zero-order chi connectivity index (χ0) is 27.5. The highest BCUT2D eigenvalue weighted by Gasteiger charge is 2.46. The number of nitriles is 1. The SMILES string of the molecule is CCCC(C)CC1CCC(C2CCC(C#N)CC2)CC1.O.O.[B][B]B(B([B])[B])C(B([B])[B])(B([B])[B])B([B])[B]. The molecule has 2 aliphatic carbocycles. The van der Waals surface area contributed by atoms with Crippen molar-refractivity contribution in [1.82, 2.24) is 0 Å². The quantitative estimate of drug-likeness (QED) is 0.338. The highest BCUT2D eigenvalue weighted by Crippen LogP contribution is 2.42. The van der Waals surface area contributed by atoms with Crippen LogP contribution in [0.25, 0.3) is 0 Å². The molecule has 0 aromatic rings. The van der Waals surface area contributed by atoms with E-state index >= 15 is 0 Å². The molecule has 19 radical (unpaired) electrons.